The second-order valence-corrected chi connectivity index (χ2v) is 5.17. The molecule has 4 nitrogen and oxygen atoms in total. The maximum Gasteiger partial charge on any atom is 0.240 e. The summed E-state index contributed by atoms with van der Waals surface area (Å²) in [6.45, 7) is 13.3. The Morgan fingerprint density at radius 3 is 2.59 bits per heavy atom. The van der Waals surface area contributed by atoms with E-state index >= 15 is 0 Å². The number of hydrogen-bond donors (Lipinski definition) is 1. The van der Waals surface area contributed by atoms with E-state index in [2.05, 4.69) is 37.9 Å². The maximum absolute atomic E-state index is 12.1. The number of amides is 1. The van der Waals surface area contributed by atoms with Crippen LogP contribution in [0.2, 0.25) is 0 Å². The highest BCUT2D eigenvalue weighted by atomic mass is 16.2. The molecule has 4 heteroatoms. The number of rotatable bonds is 7. The van der Waals surface area contributed by atoms with E-state index in [4.69, 9.17) is 0 Å². The van der Waals surface area contributed by atoms with Gasteiger partial charge in [-0.2, -0.15) is 0 Å². The van der Waals surface area contributed by atoms with Gasteiger partial charge in [-0.1, -0.05) is 27.7 Å². The fourth-order valence-electron chi connectivity index (χ4n) is 2.25. The Morgan fingerprint density at radius 2 is 2.06 bits per heavy atom. The van der Waals surface area contributed by atoms with Gasteiger partial charge in [0.2, 0.25) is 5.91 Å². The van der Waals surface area contributed by atoms with Crippen LogP contribution < -0.4 is 5.32 Å². The monoisotopic (exact) mass is 241 g/mol. The molecule has 0 aromatic rings. The fraction of sp³-hybridized carbons (Fsp3) is 0.923. The zero-order chi connectivity index (χ0) is 12.8. The zero-order valence-corrected chi connectivity index (χ0v) is 11.7. The average molecular weight is 241 g/mol. The van der Waals surface area contributed by atoms with E-state index in [0.717, 1.165) is 39.3 Å². The summed E-state index contributed by atoms with van der Waals surface area (Å²) >= 11 is 0. The Kier molecular flexibility index (Phi) is 5.92. The predicted octanol–water partition coefficient (Wildman–Crippen LogP) is 1.13. The maximum atomic E-state index is 12.1. The molecule has 100 valence electrons. The predicted molar refractivity (Wildman–Crippen MR) is 70.7 cm³/mol. The topological polar surface area (TPSA) is 35.6 Å². The molecule has 0 aliphatic carbocycles. The van der Waals surface area contributed by atoms with E-state index in [0.29, 0.717) is 5.92 Å². The second-order valence-electron chi connectivity index (χ2n) is 5.17. The molecule has 0 saturated carbocycles. The zero-order valence-electron chi connectivity index (χ0n) is 11.7. The van der Waals surface area contributed by atoms with Crippen LogP contribution in [-0.4, -0.2) is 54.6 Å². The van der Waals surface area contributed by atoms with Crippen molar-refractivity contribution in [3.63, 3.8) is 0 Å². The highest BCUT2D eigenvalue weighted by Gasteiger charge is 2.30. The van der Waals surface area contributed by atoms with Crippen LogP contribution in [0.25, 0.3) is 0 Å². The van der Waals surface area contributed by atoms with E-state index in [1.165, 1.54) is 0 Å². The van der Waals surface area contributed by atoms with Crippen molar-refractivity contribution in [3.05, 3.63) is 0 Å². The van der Waals surface area contributed by atoms with Gasteiger partial charge in [0.15, 0.2) is 0 Å². The van der Waals surface area contributed by atoms with Crippen molar-refractivity contribution in [3.8, 4) is 0 Å². The molecular weight excluding hydrogens is 214 g/mol. The third-order valence-corrected chi connectivity index (χ3v) is 3.43. The van der Waals surface area contributed by atoms with Crippen molar-refractivity contribution in [1.29, 1.82) is 0 Å². The lowest BCUT2D eigenvalue weighted by atomic mass is 10.0. The molecule has 1 rings (SSSR count). The summed E-state index contributed by atoms with van der Waals surface area (Å²) in [5, 5.41) is 3.31. The number of hydrogen-bond acceptors (Lipinski definition) is 3. The van der Waals surface area contributed by atoms with Gasteiger partial charge < -0.3 is 9.80 Å². The third kappa shape index (κ3) is 4.28. The van der Waals surface area contributed by atoms with E-state index in [1.807, 2.05) is 4.90 Å². The van der Waals surface area contributed by atoms with E-state index in [1.54, 1.807) is 0 Å². The van der Waals surface area contributed by atoms with Crippen LogP contribution in [0.5, 0.6) is 0 Å². The molecule has 1 unspecified atom stereocenters. The molecule has 17 heavy (non-hydrogen) atoms. The molecule has 1 amide bonds. The van der Waals surface area contributed by atoms with Gasteiger partial charge in [0, 0.05) is 13.1 Å². The summed E-state index contributed by atoms with van der Waals surface area (Å²) in [5.74, 6) is 0.852. The van der Waals surface area contributed by atoms with Crippen molar-refractivity contribution >= 4 is 5.91 Å². The minimum absolute atomic E-state index is 0.0479. The van der Waals surface area contributed by atoms with Crippen LogP contribution in [0.15, 0.2) is 0 Å². The lowest BCUT2D eigenvalue weighted by Crippen LogP contribution is -2.37. The Bertz CT molecular complexity index is 239. The molecule has 1 atom stereocenters. The number of nitrogens with zero attached hydrogens (tertiary/aromatic N) is 2. The van der Waals surface area contributed by atoms with Crippen molar-refractivity contribution in [1.82, 2.24) is 15.1 Å². The van der Waals surface area contributed by atoms with Crippen LogP contribution in [0.4, 0.5) is 0 Å². The molecule has 1 aliphatic heterocycles. The molecule has 1 saturated heterocycles. The van der Waals surface area contributed by atoms with Gasteiger partial charge in [-0.05, 0) is 25.4 Å². The number of carbonyl (C=O) groups excluding carboxylic acids is 1. The molecule has 0 bridgehead atoms. The summed E-state index contributed by atoms with van der Waals surface area (Å²) in [6.07, 6.45) is 0.945. The summed E-state index contributed by atoms with van der Waals surface area (Å²) in [5.41, 5.74) is 0. The largest absolute Gasteiger partial charge is 0.327 e. The number of carbonyl (C=O) groups is 1. The molecular formula is C13H27N3O. The standard InChI is InChI=1S/C13H27N3O/c1-5-15(6-2)7-8-16-10-14-12(13(16)17)9-11(3)4/h11-12,14H,5-10H2,1-4H3. The molecule has 0 radical (unpaired) electrons. The summed E-state index contributed by atoms with van der Waals surface area (Å²) in [4.78, 5) is 16.4. The second kappa shape index (κ2) is 6.97. The Morgan fingerprint density at radius 1 is 1.41 bits per heavy atom. The number of nitrogens with one attached hydrogen (secondary N) is 1. The van der Waals surface area contributed by atoms with Crippen molar-refractivity contribution in [2.75, 3.05) is 32.8 Å². The minimum atomic E-state index is 0.0479. The molecule has 0 aromatic carbocycles. The molecule has 0 spiro atoms. The van der Waals surface area contributed by atoms with Gasteiger partial charge >= 0.3 is 0 Å². The Labute approximate surface area is 105 Å². The van der Waals surface area contributed by atoms with Crippen LogP contribution in [0.3, 0.4) is 0 Å². The lowest BCUT2D eigenvalue weighted by molar-refractivity contribution is -0.129. The Balaban J connectivity index is 2.34. The highest BCUT2D eigenvalue weighted by molar-refractivity contribution is 5.83. The van der Waals surface area contributed by atoms with Gasteiger partial charge in [-0.25, -0.2) is 0 Å². The first kappa shape index (κ1) is 14.5. The molecule has 1 fully saturated rings. The molecule has 1 heterocycles. The van der Waals surface area contributed by atoms with Gasteiger partial charge in [-0.3, -0.25) is 10.1 Å². The van der Waals surface area contributed by atoms with Crippen LogP contribution >= 0.6 is 0 Å². The average Bonchev–Trinajstić information content (AvgIpc) is 2.62. The van der Waals surface area contributed by atoms with Crippen molar-refractivity contribution < 1.29 is 4.79 Å². The van der Waals surface area contributed by atoms with Crippen LogP contribution in [-0.2, 0) is 4.79 Å². The SMILES string of the molecule is CCN(CC)CCN1CNC(CC(C)C)C1=O. The third-order valence-electron chi connectivity index (χ3n) is 3.43. The first-order chi connectivity index (χ1) is 8.08. The van der Waals surface area contributed by atoms with Crippen molar-refractivity contribution in [2.24, 2.45) is 5.92 Å². The van der Waals surface area contributed by atoms with Crippen LogP contribution in [0.1, 0.15) is 34.1 Å². The fourth-order valence-corrected chi connectivity index (χ4v) is 2.25. The van der Waals surface area contributed by atoms with Gasteiger partial charge in [0.25, 0.3) is 0 Å². The van der Waals surface area contributed by atoms with E-state index < -0.39 is 0 Å². The van der Waals surface area contributed by atoms with E-state index in [-0.39, 0.29) is 11.9 Å². The summed E-state index contributed by atoms with van der Waals surface area (Å²) in [6, 6.07) is 0.0479. The Hall–Kier alpha value is -0.610. The van der Waals surface area contributed by atoms with Gasteiger partial charge in [0.1, 0.15) is 0 Å². The van der Waals surface area contributed by atoms with Gasteiger partial charge in [-0.15, -0.1) is 0 Å². The molecule has 0 aromatic heterocycles. The highest BCUT2D eigenvalue weighted by Crippen LogP contribution is 2.12. The first-order valence-corrected chi connectivity index (χ1v) is 6.83. The quantitative estimate of drug-likeness (QED) is 0.726. The molecule has 1 aliphatic rings. The summed E-state index contributed by atoms with van der Waals surface area (Å²) in [7, 11) is 0. The van der Waals surface area contributed by atoms with Crippen molar-refractivity contribution in [2.45, 2.75) is 40.2 Å². The normalized spacial score (nSPS) is 20.9. The van der Waals surface area contributed by atoms with E-state index in [9.17, 15) is 4.79 Å². The summed E-state index contributed by atoms with van der Waals surface area (Å²) < 4.78 is 0. The number of likely N-dealkylation sites (N-methyl/N-ethyl adjacent to an activating group) is 1. The van der Waals surface area contributed by atoms with Gasteiger partial charge in [0.05, 0.1) is 12.7 Å². The minimum Gasteiger partial charge on any atom is -0.327 e. The smallest absolute Gasteiger partial charge is 0.240 e. The molecule has 1 N–H and O–H groups in total. The van der Waals surface area contributed by atoms with Crippen LogP contribution in [0, 0.1) is 5.92 Å². The first-order valence-electron chi connectivity index (χ1n) is 6.83. The lowest BCUT2D eigenvalue weighted by Gasteiger charge is -2.22.